The normalized spacial score (nSPS) is 17.7. The number of benzene rings is 1. The smallest absolute Gasteiger partial charge is 0.253 e. The Morgan fingerprint density at radius 2 is 1.71 bits per heavy atom. The number of anilines is 2. The molecule has 0 spiro atoms. The number of hydrogen-bond acceptors (Lipinski definition) is 6. The third-order valence-corrected chi connectivity index (χ3v) is 10.1. The van der Waals surface area contributed by atoms with E-state index < -0.39 is 0 Å². The summed E-state index contributed by atoms with van der Waals surface area (Å²) in [5.74, 6) is 1.61. The molecule has 45 heavy (non-hydrogen) atoms. The predicted octanol–water partition coefficient (Wildman–Crippen LogP) is 5.26. The van der Waals surface area contributed by atoms with Crippen molar-refractivity contribution in [1.29, 1.82) is 0 Å². The second-order valence-corrected chi connectivity index (χ2v) is 13.5. The average molecular weight is 611 g/mol. The Morgan fingerprint density at radius 3 is 2.33 bits per heavy atom. The van der Waals surface area contributed by atoms with E-state index in [1.165, 1.54) is 19.4 Å². The summed E-state index contributed by atoms with van der Waals surface area (Å²) in [5.41, 5.74) is 6.16. The van der Waals surface area contributed by atoms with Gasteiger partial charge in [0.2, 0.25) is 5.91 Å². The number of hydrogen-bond donors (Lipinski definition) is 3. The zero-order chi connectivity index (χ0) is 31.9. The number of nitrogens with zero attached hydrogens (tertiary/aromatic N) is 3. The Balaban J connectivity index is 1.27. The van der Waals surface area contributed by atoms with E-state index in [9.17, 15) is 14.4 Å². The molecule has 1 aliphatic heterocycles. The highest BCUT2D eigenvalue weighted by Gasteiger charge is 2.48. The molecule has 2 amide bonds. The van der Waals surface area contributed by atoms with Crippen LogP contribution >= 0.6 is 0 Å². The molecule has 3 aliphatic rings. The van der Waals surface area contributed by atoms with E-state index in [4.69, 9.17) is 4.98 Å². The Bertz CT molecular complexity index is 1680. The van der Waals surface area contributed by atoms with Gasteiger partial charge in [0, 0.05) is 79.0 Å². The second-order valence-electron chi connectivity index (χ2n) is 13.5. The van der Waals surface area contributed by atoms with Gasteiger partial charge < -0.3 is 20.5 Å². The highest BCUT2D eigenvalue weighted by molar-refractivity contribution is 6.03. The van der Waals surface area contributed by atoms with Gasteiger partial charge in [0.1, 0.15) is 5.82 Å². The van der Waals surface area contributed by atoms with Crippen molar-refractivity contribution in [2.24, 2.45) is 11.3 Å². The molecule has 6 rings (SSSR count). The van der Waals surface area contributed by atoms with Crippen LogP contribution in [0.25, 0.3) is 11.1 Å². The van der Waals surface area contributed by atoms with Crippen molar-refractivity contribution in [2.45, 2.75) is 73.3 Å². The van der Waals surface area contributed by atoms with Crippen LogP contribution in [0.1, 0.15) is 77.3 Å². The maximum Gasteiger partial charge on any atom is 0.253 e. The van der Waals surface area contributed by atoms with Crippen molar-refractivity contribution >= 4 is 23.3 Å². The Labute approximate surface area is 265 Å². The third-order valence-electron chi connectivity index (χ3n) is 10.1. The Hall–Kier alpha value is -3.98. The standard InChI is InChI=1S/C36H46N6O3/c1-6-36(9-10-36)35(45)40-31-18-27(17-29(25(31)5)33(43)38-20-30-22(2)15-24(4)39-34(30)44)28-16-23(3)32(37-19-28)42-13-11-41(12-14-42)21-26-7-8-26/h15-19,26H,6-14,20-21H2,1-5H3,(H,38,43)(H,39,44)(H,40,45). The van der Waals surface area contributed by atoms with E-state index in [1.54, 1.807) is 0 Å². The van der Waals surface area contributed by atoms with Crippen molar-refractivity contribution in [2.75, 3.05) is 42.9 Å². The number of H-pyrrole nitrogens is 1. The lowest BCUT2D eigenvalue weighted by Crippen LogP contribution is -2.47. The van der Waals surface area contributed by atoms with Crippen LogP contribution < -0.4 is 21.1 Å². The zero-order valence-corrected chi connectivity index (χ0v) is 27.3. The zero-order valence-electron chi connectivity index (χ0n) is 27.3. The van der Waals surface area contributed by atoms with Crippen LogP contribution in [0.5, 0.6) is 0 Å². The lowest BCUT2D eigenvalue weighted by molar-refractivity contribution is -0.121. The number of piperazine rings is 1. The van der Waals surface area contributed by atoms with Crippen LogP contribution in [0.3, 0.4) is 0 Å². The van der Waals surface area contributed by atoms with Crippen LogP contribution in [0.2, 0.25) is 0 Å². The molecule has 0 bridgehead atoms. The molecule has 0 unspecified atom stereocenters. The van der Waals surface area contributed by atoms with Crippen molar-refractivity contribution in [3.8, 4) is 11.1 Å². The van der Waals surface area contributed by atoms with E-state index in [-0.39, 0.29) is 29.3 Å². The first kappa shape index (κ1) is 31.0. The highest BCUT2D eigenvalue weighted by atomic mass is 16.2. The molecular formula is C36H46N6O3. The maximum atomic E-state index is 13.7. The number of pyridine rings is 2. The summed E-state index contributed by atoms with van der Waals surface area (Å²) in [6.07, 6.45) is 7.18. The summed E-state index contributed by atoms with van der Waals surface area (Å²) in [5, 5.41) is 6.11. The number of carbonyl (C=O) groups excluding carboxylic acids is 2. The van der Waals surface area contributed by atoms with Crippen molar-refractivity contribution in [1.82, 2.24) is 20.2 Å². The van der Waals surface area contributed by atoms with Gasteiger partial charge in [0.05, 0.1) is 0 Å². The first-order valence-electron chi connectivity index (χ1n) is 16.4. The minimum atomic E-state index is -0.322. The molecule has 238 valence electrons. The fraction of sp³-hybridized carbons (Fsp3) is 0.500. The highest BCUT2D eigenvalue weighted by Crippen LogP contribution is 2.49. The first-order valence-corrected chi connectivity index (χ1v) is 16.4. The Kier molecular flexibility index (Phi) is 8.57. The predicted molar refractivity (Wildman–Crippen MR) is 179 cm³/mol. The number of aromatic amines is 1. The van der Waals surface area contributed by atoms with Crippen LogP contribution in [-0.4, -0.2) is 59.4 Å². The summed E-state index contributed by atoms with van der Waals surface area (Å²) >= 11 is 0. The van der Waals surface area contributed by atoms with Crippen molar-refractivity contribution < 1.29 is 9.59 Å². The van der Waals surface area contributed by atoms with Crippen LogP contribution in [0.4, 0.5) is 11.5 Å². The molecule has 1 aromatic carbocycles. The van der Waals surface area contributed by atoms with Gasteiger partial charge in [-0.15, -0.1) is 0 Å². The molecule has 0 radical (unpaired) electrons. The summed E-state index contributed by atoms with van der Waals surface area (Å²) in [7, 11) is 0. The van der Waals surface area contributed by atoms with E-state index in [0.29, 0.717) is 22.4 Å². The molecule has 0 atom stereocenters. The fourth-order valence-electron chi connectivity index (χ4n) is 6.62. The summed E-state index contributed by atoms with van der Waals surface area (Å²) in [6, 6.07) is 7.85. The van der Waals surface area contributed by atoms with E-state index in [1.807, 2.05) is 52.1 Å². The lowest BCUT2D eigenvalue weighted by Gasteiger charge is -2.36. The monoisotopic (exact) mass is 610 g/mol. The second kappa shape index (κ2) is 12.4. The molecule has 3 heterocycles. The van der Waals surface area contributed by atoms with Crippen LogP contribution in [-0.2, 0) is 11.3 Å². The number of nitrogens with one attached hydrogen (secondary N) is 3. The number of carbonyl (C=O) groups is 2. The quantitative estimate of drug-likeness (QED) is 0.289. The van der Waals surface area contributed by atoms with Gasteiger partial charge in [0.25, 0.3) is 11.5 Å². The number of rotatable bonds is 10. The first-order chi connectivity index (χ1) is 21.6. The summed E-state index contributed by atoms with van der Waals surface area (Å²) in [6.45, 7) is 15.1. The molecule has 3 fully saturated rings. The van der Waals surface area contributed by atoms with Crippen LogP contribution in [0.15, 0.2) is 35.3 Å². The molecule has 2 saturated carbocycles. The Morgan fingerprint density at radius 1 is 0.978 bits per heavy atom. The molecule has 9 nitrogen and oxygen atoms in total. The van der Waals surface area contributed by atoms with Gasteiger partial charge in [-0.3, -0.25) is 19.3 Å². The summed E-state index contributed by atoms with van der Waals surface area (Å²) in [4.78, 5) is 52.3. The molecule has 2 aromatic heterocycles. The number of aromatic nitrogens is 2. The minimum Gasteiger partial charge on any atom is -0.354 e. The van der Waals surface area contributed by atoms with Gasteiger partial charge in [-0.2, -0.15) is 0 Å². The lowest BCUT2D eigenvalue weighted by atomic mass is 9.96. The topological polar surface area (TPSA) is 110 Å². The molecule has 2 aliphatic carbocycles. The minimum absolute atomic E-state index is 0.00361. The molecule has 3 aromatic rings. The van der Waals surface area contributed by atoms with E-state index in [2.05, 4.69) is 38.4 Å². The van der Waals surface area contributed by atoms with Gasteiger partial charge >= 0.3 is 0 Å². The molecule has 1 saturated heterocycles. The maximum absolute atomic E-state index is 13.7. The summed E-state index contributed by atoms with van der Waals surface area (Å²) < 4.78 is 0. The third kappa shape index (κ3) is 6.69. The van der Waals surface area contributed by atoms with E-state index in [0.717, 1.165) is 85.1 Å². The molecule has 9 heteroatoms. The number of aryl methyl sites for hydroxylation is 3. The SMILES string of the molecule is CCC1(C(=O)Nc2cc(-c3cnc(N4CCN(CC5CC5)CC4)c(C)c3)cc(C(=O)NCc3c(C)cc(C)[nH]c3=O)c2C)CC1. The average Bonchev–Trinajstić information content (AvgIpc) is 3.94. The van der Waals surface area contributed by atoms with Gasteiger partial charge in [-0.25, -0.2) is 4.98 Å². The van der Waals surface area contributed by atoms with Crippen molar-refractivity contribution in [3.63, 3.8) is 0 Å². The van der Waals surface area contributed by atoms with E-state index >= 15 is 0 Å². The largest absolute Gasteiger partial charge is 0.354 e. The van der Waals surface area contributed by atoms with Gasteiger partial charge in [0.15, 0.2) is 0 Å². The molecular weight excluding hydrogens is 564 g/mol. The van der Waals surface area contributed by atoms with Gasteiger partial charge in [-0.1, -0.05) is 6.92 Å². The molecule has 3 N–H and O–H groups in total. The number of amides is 2. The van der Waals surface area contributed by atoms with Crippen molar-refractivity contribution in [3.05, 3.63) is 74.3 Å². The van der Waals surface area contributed by atoms with Crippen LogP contribution in [0, 0.1) is 39.0 Å². The fourth-order valence-corrected chi connectivity index (χ4v) is 6.62. The van der Waals surface area contributed by atoms with Gasteiger partial charge in [-0.05, 0) is 112 Å².